The van der Waals surface area contributed by atoms with Crippen molar-refractivity contribution >= 4 is 11.9 Å². The molecular formula is C16H23NO4. The number of hydrogen-bond acceptors (Lipinski definition) is 4. The normalized spacial score (nSPS) is 12.7. The molecule has 0 bridgehead atoms. The number of carboxylic acid groups (broad SMARTS) is 1. The van der Waals surface area contributed by atoms with E-state index in [4.69, 9.17) is 9.84 Å². The van der Waals surface area contributed by atoms with Gasteiger partial charge in [0.25, 0.3) is 0 Å². The van der Waals surface area contributed by atoms with Gasteiger partial charge < -0.3 is 9.84 Å². The van der Waals surface area contributed by atoms with Gasteiger partial charge in [0, 0.05) is 0 Å². The van der Waals surface area contributed by atoms with Crippen LogP contribution < -0.4 is 5.32 Å². The van der Waals surface area contributed by atoms with Crippen molar-refractivity contribution in [2.24, 2.45) is 0 Å². The second-order valence-electron chi connectivity index (χ2n) is 5.88. The first-order valence-electron chi connectivity index (χ1n) is 7.00. The van der Waals surface area contributed by atoms with Crippen LogP contribution in [0.3, 0.4) is 0 Å². The van der Waals surface area contributed by atoms with Gasteiger partial charge in [-0.2, -0.15) is 0 Å². The number of carbonyl (C=O) groups excluding carboxylic acids is 1. The van der Waals surface area contributed by atoms with Crippen molar-refractivity contribution in [3.05, 3.63) is 35.9 Å². The summed E-state index contributed by atoms with van der Waals surface area (Å²) >= 11 is 0. The maximum absolute atomic E-state index is 12.1. The number of benzene rings is 1. The molecule has 0 radical (unpaired) electrons. The van der Waals surface area contributed by atoms with Gasteiger partial charge in [-0.3, -0.25) is 14.9 Å². The van der Waals surface area contributed by atoms with Gasteiger partial charge in [-0.15, -0.1) is 0 Å². The monoisotopic (exact) mass is 293 g/mol. The fourth-order valence-electron chi connectivity index (χ4n) is 1.84. The Kier molecular flexibility index (Phi) is 6.37. The summed E-state index contributed by atoms with van der Waals surface area (Å²) in [6.07, 6.45) is 1.17. The summed E-state index contributed by atoms with van der Waals surface area (Å²) in [4.78, 5) is 22.8. The highest BCUT2D eigenvalue weighted by Gasteiger charge is 2.25. The molecule has 1 aromatic rings. The molecule has 1 atom stereocenters. The number of rotatable bonds is 7. The Morgan fingerprint density at radius 3 is 2.38 bits per heavy atom. The Morgan fingerprint density at radius 2 is 1.86 bits per heavy atom. The van der Waals surface area contributed by atoms with Crippen molar-refractivity contribution in [2.75, 3.05) is 6.54 Å². The summed E-state index contributed by atoms with van der Waals surface area (Å²) in [5.74, 6) is -1.41. The Labute approximate surface area is 125 Å². The molecule has 5 heteroatoms. The molecule has 116 valence electrons. The minimum Gasteiger partial charge on any atom is -0.480 e. The van der Waals surface area contributed by atoms with E-state index in [0.29, 0.717) is 12.8 Å². The molecule has 21 heavy (non-hydrogen) atoms. The molecule has 0 amide bonds. The van der Waals surface area contributed by atoms with E-state index in [1.807, 2.05) is 30.3 Å². The number of ether oxygens (including phenoxy) is 1. The first-order chi connectivity index (χ1) is 9.78. The second kappa shape index (κ2) is 7.78. The van der Waals surface area contributed by atoms with Crippen molar-refractivity contribution in [3.63, 3.8) is 0 Å². The van der Waals surface area contributed by atoms with E-state index in [2.05, 4.69) is 5.32 Å². The van der Waals surface area contributed by atoms with Gasteiger partial charge in [-0.1, -0.05) is 30.3 Å². The number of carboxylic acids is 1. The lowest BCUT2D eigenvalue weighted by Crippen LogP contribution is -2.43. The molecule has 0 saturated carbocycles. The molecule has 2 N–H and O–H groups in total. The van der Waals surface area contributed by atoms with Crippen LogP contribution in [0, 0.1) is 0 Å². The first-order valence-corrected chi connectivity index (χ1v) is 7.00. The maximum Gasteiger partial charge on any atom is 0.323 e. The standard InChI is InChI=1S/C16H23NO4/c1-16(2,3)21-15(20)13(17-11-14(18)19)10-9-12-7-5-4-6-8-12/h4-8,13,17H,9-11H2,1-3H3,(H,18,19). The van der Waals surface area contributed by atoms with Crippen LogP contribution >= 0.6 is 0 Å². The molecule has 0 heterocycles. The van der Waals surface area contributed by atoms with Gasteiger partial charge in [-0.05, 0) is 39.2 Å². The molecule has 1 aromatic carbocycles. The van der Waals surface area contributed by atoms with Gasteiger partial charge in [0.15, 0.2) is 0 Å². The number of aryl methyl sites for hydroxylation is 1. The quantitative estimate of drug-likeness (QED) is 0.752. The van der Waals surface area contributed by atoms with E-state index < -0.39 is 23.6 Å². The Hall–Kier alpha value is -1.88. The zero-order valence-corrected chi connectivity index (χ0v) is 12.8. The summed E-state index contributed by atoms with van der Waals surface area (Å²) in [5, 5.41) is 11.5. The third kappa shape index (κ3) is 7.46. The third-order valence-corrected chi connectivity index (χ3v) is 2.76. The highest BCUT2D eigenvalue weighted by Crippen LogP contribution is 2.12. The van der Waals surface area contributed by atoms with Crippen molar-refractivity contribution in [1.82, 2.24) is 5.32 Å². The molecule has 1 unspecified atom stereocenters. The molecule has 0 aliphatic rings. The number of carbonyl (C=O) groups is 2. The maximum atomic E-state index is 12.1. The highest BCUT2D eigenvalue weighted by molar-refractivity contribution is 5.77. The third-order valence-electron chi connectivity index (χ3n) is 2.76. The summed E-state index contributed by atoms with van der Waals surface area (Å²) in [6.45, 7) is 5.10. The molecule has 0 aliphatic carbocycles. The van der Waals surface area contributed by atoms with Crippen LogP contribution in [0.2, 0.25) is 0 Å². The lowest BCUT2D eigenvalue weighted by molar-refractivity contribution is -0.157. The van der Waals surface area contributed by atoms with Crippen molar-refractivity contribution in [1.29, 1.82) is 0 Å². The smallest absolute Gasteiger partial charge is 0.323 e. The summed E-state index contributed by atoms with van der Waals surface area (Å²) < 4.78 is 5.33. The minimum atomic E-state index is -0.997. The summed E-state index contributed by atoms with van der Waals surface area (Å²) in [6, 6.07) is 9.12. The van der Waals surface area contributed by atoms with Gasteiger partial charge in [0.05, 0.1) is 6.54 Å². The van der Waals surface area contributed by atoms with Gasteiger partial charge >= 0.3 is 11.9 Å². The second-order valence-corrected chi connectivity index (χ2v) is 5.88. The van der Waals surface area contributed by atoms with E-state index in [1.54, 1.807) is 20.8 Å². The topological polar surface area (TPSA) is 75.6 Å². The van der Waals surface area contributed by atoms with Crippen molar-refractivity contribution in [3.8, 4) is 0 Å². The average Bonchev–Trinajstić information content (AvgIpc) is 2.37. The van der Waals surface area contributed by atoms with Crippen LogP contribution in [0.15, 0.2) is 30.3 Å². The van der Waals surface area contributed by atoms with E-state index in [9.17, 15) is 9.59 Å². The zero-order valence-electron chi connectivity index (χ0n) is 12.8. The molecule has 0 aromatic heterocycles. The molecular weight excluding hydrogens is 270 g/mol. The Balaban J connectivity index is 2.63. The van der Waals surface area contributed by atoms with E-state index >= 15 is 0 Å². The van der Waals surface area contributed by atoms with Crippen LogP contribution in [-0.2, 0) is 20.7 Å². The predicted octanol–water partition coefficient (Wildman–Crippen LogP) is 2.00. The number of nitrogens with one attached hydrogen (secondary N) is 1. The molecule has 1 rings (SSSR count). The van der Waals surface area contributed by atoms with Gasteiger partial charge in [0.1, 0.15) is 11.6 Å². The lowest BCUT2D eigenvalue weighted by atomic mass is 10.0. The van der Waals surface area contributed by atoms with Crippen LogP contribution in [0.5, 0.6) is 0 Å². The van der Waals surface area contributed by atoms with Crippen LogP contribution in [0.4, 0.5) is 0 Å². The predicted molar refractivity (Wildman–Crippen MR) is 80.0 cm³/mol. The average molecular weight is 293 g/mol. The molecule has 5 nitrogen and oxygen atoms in total. The van der Waals surface area contributed by atoms with E-state index in [1.165, 1.54) is 0 Å². The Bertz CT molecular complexity index is 465. The fourth-order valence-corrected chi connectivity index (χ4v) is 1.84. The van der Waals surface area contributed by atoms with Crippen LogP contribution in [0.25, 0.3) is 0 Å². The number of hydrogen-bond donors (Lipinski definition) is 2. The van der Waals surface area contributed by atoms with Gasteiger partial charge in [-0.25, -0.2) is 0 Å². The highest BCUT2D eigenvalue weighted by atomic mass is 16.6. The largest absolute Gasteiger partial charge is 0.480 e. The van der Waals surface area contributed by atoms with Crippen molar-refractivity contribution in [2.45, 2.75) is 45.3 Å². The fraction of sp³-hybridized carbons (Fsp3) is 0.500. The lowest BCUT2D eigenvalue weighted by Gasteiger charge is -2.24. The SMILES string of the molecule is CC(C)(C)OC(=O)C(CCc1ccccc1)NCC(=O)O. The Morgan fingerprint density at radius 1 is 1.24 bits per heavy atom. The zero-order chi connectivity index (χ0) is 15.9. The molecule has 0 spiro atoms. The van der Waals surface area contributed by atoms with Crippen LogP contribution in [0.1, 0.15) is 32.8 Å². The molecule has 0 aliphatic heterocycles. The number of esters is 1. The van der Waals surface area contributed by atoms with E-state index in [-0.39, 0.29) is 6.54 Å². The first kappa shape index (κ1) is 17.2. The molecule has 0 fully saturated rings. The summed E-state index contributed by atoms with van der Waals surface area (Å²) in [7, 11) is 0. The molecule has 0 saturated heterocycles. The minimum absolute atomic E-state index is 0.265. The van der Waals surface area contributed by atoms with Crippen LogP contribution in [-0.4, -0.2) is 35.2 Å². The summed E-state index contributed by atoms with van der Waals surface area (Å²) in [5.41, 5.74) is 0.510. The van der Waals surface area contributed by atoms with Crippen molar-refractivity contribution < 1.29 is 19.4 Å². The van der Waals surface area contributed by atoms with E-state index in [0.717, 1.165) is 5.56 Å². The van der Waals surface area contributed by atoms with Gasteiger partial charge in [0.2, 0.25) is 0 Å². The number of aliphatic carboxylic acids is 1.